The molecule has 0 spiro atoms. The van der Waals surface area contributed by atoms with E-state index >= 15 is 0 Å². The highest BCUT2D eigenvalue weighted by atomic mass is 16.5. The molecule has 0 rings (SSSR count). The molecule has 1 atom stereocenters. The van der Waals surface area contributed by atoms with Crippen molar-refractivity contribution < 1.29 is 24.2 Å². The molecule has 1 unspecified atom stereocenters. The number of allylic oxidation sites excluding steroid dienone is 7. The van der Waals surface area contributed by atoms with E-state index < -0.39 is 5.97 Å². The van der Waals surface area contributed by atoms with Crippen molar-refractivity contribution in [3.05, 3.63) is 48.6 Å². The molecule has 288 valence electrons. The van der Waals surface area contributed by atoms with Crippen LogP contribution in [-0.4, -0.2) is 35.6 Å². The van der Waals surface area contributed by atoms with Gasteiger partial charge >= 0.3 is 11.9 Å². The molecule has 0 aromatic rings. The third-order valence-electron chi connectivity index (χ3n) is 9.00. The van der Waals surface area contributed by atoms with Crippen LogP contribution in [0.2, 0.25) is 0 Å². The van der Waals surface area contributed by atoms with Gasteiger partial charge in [0.25, 0.3) is 0 Å². The van der Waals surface area contributed by atoms with E-state index in [4.69, 9.17) is 9.84 Å². The van der Waals surface area contributed by atoms with Crippen molar-refractivity contribution in [3.63, 3.8) is 0 Å². The Morgan fingerprint density at radius 1 is 0.540 bits per heavy atom. The smallest absolute Gasteiger partial charge is 0.322 e. The van der Waals surface area contributed by atoms with Crippen molar-refractivity contribution in [1.82, 2.24) is 5.32 Å². The minimum atomic E-state index is -1.04. The average Bonchev–Trinajstić information content (AvgIpc) is 3.10. The summed E-state index contributed by atoms with van der Waals surface area (Å²) in [7, 11) is 0. The lowest BCUT2D eigenvalue weighted by Crippen LogP contribution is -2.28. The number of esters is 1. The monoisotopic (exact) mass is 700 g/mol. The molecule has 0 aromatic carbocycles. The standard InChI is InChI=1S/C44H77NO5/c1-3-5-7-9-11-13-15-16-17-18-19-20-21-22-24-26-28-30-35-39-44(49)50-41(37-33-31-34-38-42(46)45-40-43(47)48)36-32-29-27-25-23-14-12-10-8-6-4-2/h6,8,12,14,25,27,32,36,41H,3-5,7,9-11,13,15-24,26,28-31,33-35,37-40H2,1-2H3,(H,45,46)(H,47,48)/b8-6-,14-12-,27-25-,36-32-. The predicted octanol–water partition coefficient (Wildman–Crippen LogP) is 12.7. The van der Waals surface area contributed by atoms with Gasteiger partial charge in [-0.05, 0) is 57.4 Å². The first-order chi connectivity index (χ1) is 24.5. The van der Waals surface area contributed by atoms with E-state index in [1.165, 1.54) is 109 Å². The van der Waals surface area contributed by atoms with Gasteiger partial charge in [0.15, 0.2) is 0 Å². The maximum atomic E-state index is 12.7. The number of nitrogens with one attached hydrogen (secondary N) is 1. The van der Waals surface area contributed by atoms with Crippen LogP contribution < -0.4 is 5.32 Å². The Kier molecular flexibility index (Phi) is 37.1. The van der Waals surface area contributed by atoms with Crippen LogP contribution in [0.4, 0.5) is 0 Å². The van der Waals surface area contributed by atoms with Gasteiger partial charge < -0.3 is 15.2 Å². The molecule has 0 aromatic heterocycles. The van der Waals surface area contributed by atoms with Gasteiger partial charge in [0.1, 0.15) is 12.6 Å². The van der Waals surface area contributed by atoms with Gasteiger partial charge in [-0.3, -0.25) is 14.4 Å². The number of rotatable bonds is 37. The Morgan fingerprint density at radius 2 is 0.960 bits per heavy atom. The molecule has 6 nitrogen and oxygen atoms in total. The van der Waals surface area contributed by atoms with Gasteiger partial charge in [0.05, 0.1) is 0 Å². The Hall–Kier alpha value is -2.63. The summed E-state index contributed by atoms with van der Waals surface area (Å²) in [6.07, 6.45) is 49.7. The van der Waals surface area contributed by atoms with Crippen molar-refractivity contribution in [1.29, 1.82) is 0 Å². The van der Waals surface area contributed by atoms with Gasteiger partial charge in [-0.1, -0.05) is 178 Å². The van der Waals surface area contributed by atoms with Crippen LogP contribution in [0.5, 0.6) is 0 Å². The largest absolute Gasteiger partial charge is 0.480 e. The SMILES string of the molecule is CC/C=C\C/C=C\C/C=C\C/C=C\C(CCCCCC(=O)NCC(=O)O)OC(=O)CCCCCCCCCCCCCCCCCCCCC. The van der Waals surface area contributed by atoms with E-state index in [2.05, 4.69) is 61.7 Å². The first-order valence-corrected chi connectivity index (χ1v) is 20.8. The van der Waals surface area contributed by atoms with Gasteiger partial charge in [-0.25, -0.2) is 0 Å². The van der Waals surface area contributed by atoms with Gasteiger partial charge in [-0.15, -0.1) is 0 Å². The second-order valence-electron chi connectivity index (χ2n) is 13.9. The maximum absolute atomic E-state index is 12.7. The summed E-state index contributed by atoms with van der Waals surface area (Å²) < 4.78 is 5.86. The van der Waals surface area contributed by atoms with E-state index in [-0.39, 0.29) is 24.5 Å². The Labute approximate surface area is 308 Å². The third-order valence-corrected chi connectivity index (χ3v) is 9.00. The average molecular weight is 700 g/mol. The van der Waals surface area contributed by atoms with E-state index in [9.17, 15) is 14.4 Å². The van der Waals surface area contributed by atoms with Crippen LogP contribution in [0.1, 0.15) is 200 Å². The predicted molar refractivity (Wildman–Crippen MR) is 212 cm³/mol. The highest BCUT2D eigenvalue weighted by Crippen LogP contribution is 2.16. The number of hydrogen-bond acceptors (Lipinski definition) is 4. The fourth-order valence-corrected chi connectivity index (χ4v) is 5.95. The lowest BCUT2D eigenvalue weighted by molar-refractivity contribution is -0.147. The lowest BCUT2D eigenvalue weighted by atomic mass is 10.0. The quantitative estimate of drug-likeness (QED) is 0.0382. The van der Waals surface area contributed by atoms with Crippen molar-refractivity contribution in [2.75, 3.05) is 6.54 Å². The molecule has 6 heteroatoms. The fourth-order valence-electron chi connectivity index (χ4n) is 5.95. The zero-order valence-electron chi connectivity index (χ0n) is 32.5. The molecule has 0 aliphatic rings. The Morgan fingerprint density at radius 3 is 1.44 bits per heavy atom. The summed E-state index contributed by atoms with van der Waals surface area (Å²) >= 11 is 0. The highest BCUT2D eigenvalue weighted by molar-refractivity contribution is 5.80. The molecule has 50 heavy (non-hydrogen) atoms. The number of hydrogen-bond donors (Lipinski definition) is 2. The van der Waals surface area contributed by atoms with E-state index in [1.54, 1.807) is 0 Å². The van der Waals surface area contributed by atoms with Crippen LogP contribution in [0, 0.1) is 0 Å². The summed E-state index contributed by atoms with van der Waals surface area (Å²) in [5.74, 6) is -1.41. The molecule has 0 saturated carbocycles. The number of carboxylic acid groups (broad SMARTS) is 1. The molecule has 0 heterocycles. The second-order valence-corrected chi connectivity index (χ2v) is 13.9. The highest BCUT2D eigenvalue weighted by Gasteiger charge is 2.12. The molecule has 0 saturated heterocycles. The van der Waals surface area contributed by atoms with Crippen molar-refractivity contribution >= 4 is 17.8 Å². The summed E-state index contributed by atoms with van der Waals surface area (Å²) in [5.41, 5.74) is 0. The van der Waals surface area contributed by atoms with Crippen molar-refractivity contribution in [3.8, 4) is 0 Å². The van der Waals surface area contributed by atoms with E-state index in [0.717, 1.165) is 57.8 Å². The van der Waals surface area contributed by atoms with Crippen LogP contribution in [0.3, 0.4) is 0 Å². The number of aliphatic carboxylic acids is 1. The molecule has 0 fully saturated rings. The molecular weight excluding hydrogens is 622 g/mol. The topological polar surface area (TPSA) is 92.7 Å². The summed E-state index contributed by atoms with van der Waals surface area (Å²) in [6.45, 7) is 4.07. The van der Waals surface area contributed by atoms with Crippen LogP contribution in [-0.2, 0) is 19.1 Å². The van der Waals surface area contributed by atoms with E-state index in [0.29, 0.717) is 19.3 Å². The first kappa shape index (κ1) is 47.4. The van der Waals surface area contributed by atoms with Gasteiger partial charge in [0, 0.05) is 12.8 Å². The minimum absolute atomic E-state index is 0.127. The van der Waals surface area contributed by atoms with Crippen LogP contribution >= 0.6 is 0 Å². The second kappa shape index (κ2) is 39.2. The molecular formula is C44H77NO5. The molecule has 1 amide bonds. The zero-order chi connectivity index (χ0) is 36.6. The molecule has 0 bridgehead atoms. The number of carboxylic acids is 1. The summed E-state index contributed by atoms with van der Waals surface area (Å²) in [5, 5.41) is 11.1. The first-order valence-electron chi connectivity index (χ1n) is 20.8. The lowest BCUT2D eigenvalue weighted by Gasteiger charge is -2.14. The van der Waals surface area contributed by atoms with Gasteiger partial charge in [0.2, 0.25) is 5.91 Å². The van der Waals surface area contributed by atoms with Crippen LogP contribution in [0.25, 0.3) is 0 Å². The Bertz CT molecular complexity index is 906. The number of carbonyl (C=O) groups is 3. The number of amides is 1. The third kappa shape index (κ3) is 38.2. The summed E-state index contributed by atoms with van der Waals surface area (Å²) in [4.78, 5) is 35.0. The Balaban J connectivity index is 4.14. The minimum Gasteiger partial charge on any atom is -0.480 e. The normalized spacial score (nSPS) is 12.5. The van der Waals surface area contributed by atoms with Crippen LogP contribution in [0.15, 0.2) is 48.6 Å². The maximum Gasteiger partial charge on any atom is 0.322 e. The molecule has 0 aliphatic heterocycles. The molecule has 0 aliphatic carbocycles. The zero-order valence-corrected chi connectivity index (χ0v) is 32.5. The molecule has 2 N–H and O–H groups in total. The fraction of sp³-hybridized carbons (Fsp3) is 0.750. The number of carbonyl (C=O) groups excluding carboxylic acids is 2. The molecule has 0 radical (unpaired) electrons. The van der Waals surface area contributed by atoms with Crippen molar-refractivity contribution in [2.45, 2.75) is 206 Å². The number of unbranched alkanes of at least 4 members (excludes halogenated alkanes) is 20. The van der Waals surface area contributed by atoms with E-state index in [1.807, 2.05) is 6.08 Å². The van der Waals surface area contributed by atoms with Gasteiger partial charge in [-0.2, -0.15) is 0 Å². The van der Waals surface area contributed by atoms with Crippen molar-refractivity contribution in [2.24, 2.45) is 0 Å². The number of ether oxygens (including phenoxy) is 1. The summed E-state index contributed by atoms with van der Waals surface area (Å²) in [6, 6.07) is 0.